The van der Waals surface area contributed by atoms with Crippen molar-refractivity contribution in [3.05, 3.63) is 95.6 Å². The second-order valence-corrected chi connectivity index (χ2v) is 9.24. The van der Waals surface area contributed by atoms with E-state index >= 15 is 0 Å². The monoisotopic (exact) mass is 470 g/mol. The molecule has 0 bridgehead atoms. The lowest BCUT2D eigenvalue weighted by molar-refractivity contribution is -0.134. The molecule has 1 spiro atoms. The number of hydrogen-bond acceptors (Lipinski definition) is 7. The topological polar surface area (TPSA) is 57.5 Å². The van der Waals surface area contributed by atoms with Crippen molar-refractivity contribution in [2.45, 2.75) is 32.2 Å². The molecule has 34 heavy (non-hydrogen) atoms. The number of hydrogen-bond donors (Lipinski definition) is 0. The molecule has 0 aliphatic carbocycles. The van der Waals surface area contributed by atoms with Gasteiger partial charge in [0.1, 0.15) is 0 Å². The number of fused-ring (bicyclic) bond motifs is 2. The Morgan fingerprint density at radius 2 is 1.62 bits per heavy atom. The van der Waals surface area contributed by atoms with Crippen LogP contribution in [0.3, 0.4) is 0 Å². The minimum atomic E-state index is -0.938. The highest BCUT2D eigenvalue weighted by Crippen LogP contribution is 2.54. The standard InChI is InChI=1S/C27H26N4O2S/c1-4-24-22-16-9-10-17-23(22)27(30(28-24)20-13-7-6-8-14-20)31(21-15-11-12-19(3)18-21)29-25(34-27)26(32)33-5-2/h6-18H,4-5H2,1-3H3/t27-/m0/s1. The van der Waals surface area contributed by atoms with E-state index in [0.717, 1.165) is 40.2 Å². The SMILES string of the molecule is CCOC(=O)C1=NN(c2cccc(C)c2)[C@]2(S1)c1ccccc1C(CC)=NN2c1ccccc1. The van der Waals surface area contributed by atoms with Gasteiger partial charge in [0.25, 0.3) is 0 Å². The molecule has 3 aromatic carbocycles. The Morgan fingerprint density at radius 3 is 2.35 bits per heavy atom. The molecule has 0 aromatic heterocycles. The highest BCUT2D eigenvalue weighted by atomic mass is 32.2. The summed E-state index contributed by atoms with van der Waals surface area (Å²) < 4.78 is 5.37. The number of nitrogens with zero attached hydrogens (tertiary/aromatic N) is 4. The average molecular weight is 471 g/mol. The minimum absolute atomic E-state index is 0.285. The van der Waals surface area contributed by atoms with E-state index in [1.165, 1.54) is 11.8 Å². The molecule has 0 amide bonds. The van der Waals surface area contributed by atoms with Crippen LogP contribution in [0.1, 0.15) is 37.0 Å². The van der Waals surface area contributed by atoms with Gasteiger partial charge in [0.2, 0.25) is 10.0 Å². The third-order valence-corrected chi connectivity index (χ3v) is 7.14. The van der Waals surface area contributed by atoms with Crippen molar-refractivity contribution >= 4 is 39.9 Å². The summed E-state index contributed by atoms with van der Waals surface area (Å²) in [5.74, 6) is -0.433. The van der Waals surface area contributed by atoms with Gasteiger partial charge >= 0.3 is 5.97 Å². The fraction of sp³-hybridized carbons (Fsp3) is 0.222. The second-order valence-electron chi connectivity index (χ2n) is 8.08. The van der Waals surface area contributed by atoms with Crippen LogP contribution in [0.5, 0.6) is 0 Å². The van der Waals surface area contributed by atoms with Crippen molar-refractivity contribution in [1.82, 2.24) is 0 Å². The highest BCUT2D eigenvalue weighted by molar-refractivity contribution is 8.16. The quantitative estimate of drug-likeness (QED) is 0.437. The van der Waals surface area contributed by atoms with Gasteiger partial charge in [-0.15, -0.1) is 0 Å². The first-order chi connectivity index (χ1) is 16.6. The van der Waals surface area contributed by atoms with Crippen LogP contribution in [0, 0.1) is 6.92 Å². The van der Waals surface area contributed by atoms with Gasteiger partial charge in [-0.05, 0) is 61.9 Å². The van der Waals surface area contributed by atoms with Crippen molar-refractivity contribution in [1.29, 1.82) is 0 Å². The van der Waals surface area contributed by atoms with E-state index in [9.17, 15) is 4.79 Å². The van der Waals surface area contributed by atoms with Gasteiger partial charge in [0.05, 0.1) is 23.7 Å². The predicted molar refractivity (Wildman–Crippen MR) is 139 cm³/mol. The summed E-state index contributed by atoms with van der Waals surface area (Å²) in [6, 6.07) is 26.4. The zero-order chi connectivity index (χ0) is 23.7. The lowest BCUT2D eigenvalue weighted by atomic mass is 9.96. The van der Waals surface area contributed by atoms with Crippen molar-refractivity contribution in [2.24, 2.45) is 10.2 Å². The maximum absolute atomic E-state index is 12.9. The molecule has 7 heteroatoms. The molecule has 0 N–H and O–H groups in total. The predicted octanol–water partition coefficient (Wildman–Crippen LogP) is 5.87. The van der Waals surface area contributed by atoms with Crippen LogP contribution in [0.15, 0.2) is 89.1 Å². The van der Waals surface area contributed by atoms with Gasteiger partial charge in [-0.2, -0.15) is 10.2 Å². The highest BCUT2D eigenvalue weighted by Gasteiger charge is 2.56. The summed E-state index contributed by atoms with van der Waals surface area (Å²) in [6.45, 7) is 6.24. The Hall–Kier alpha value is -3.58. The molecule has 2 aliphatic rings. The van der Waals surface area contributed by atoms with Crippen LogP contribution < -0.4 is 10.0 Å². The number of hydrazone groups is 2. The summed E-state index contributed by atoms with van der Waals surface area (Å²) in [6.07, 6.45) is 0.775. The number of para-hydroxylation sites is 1. The largest absolute Gasteiger partial charge is 0.461 e. The zero-order valence-corrected chi connectivity index (χ0v) is 20.2. The number of carbonyl (C=O) groups is 1. The maximum atomic E-state index is 12.9. The van der Waals surface area contributed by atoms with Gasteiger partial charge in [-0.1, -0.05) is 61.5 Å². The first-order valence-electron chi connectivity index (χ1n) is 11.4. The van der Waals surface area contributed by atoms with Crippen LogP contribution in [0.2, 0.25) is 0 Å². The number of thioether (sulfide) groups is 1. The molecule has 5 rings (SSSR count). The third kappa shape index (κ3) is 3.56. The lowest BCUT2D eigenvalue weighted by Crippen LogP contribution is -2.54. The molecule has 0 radical (unpaired) electrons. The Balaban J connectivity index is 1.80. The Kier molecular flexibility index (Phi) is 5.87. The van der Waals surface area contributed by atoms with Gasteiger partial charge in [-0.3, -0.25) is 0 Å². The molecule has 0 saturated carbocycles. The lowest BCUT2D eigenvalue weighted by Gasteiger charge is -2.47. The zero-order valence-electron chi connectivity index (χ0n) is 19.4. The summed E-state index contributed by atoms with van der Waals surface area (Å²) in [5.41, 5.74) is 5.96. The summed E-state index contributed by atoms with van der Waals surface area (Å²) in [7, 11) is 0. The van der Waals surface area contributed by atoms with Gasteiger partial charge in [-0.25, -0.2) is 14.8 Å². The van der Waals surface area contributed by atoms with Crippen LogP contribution in [-0.2, 0) is 14.5 Å². The van der Waals surface area contributed by atoms with E-state index in [2.05, 4.69) is 25.1 Å². The number of anilines is 2. The number of esters is 1. The van der Waals surface area contributed by atoms with Crippen LogP contribution >= 0.6 is 11.8 Å². The van der Waals surface area contributed by atoms with Gasteiger partial charge in [0, 0.05) is 11.1 Å². The molecule has 2 heterocycles. The first kappa shape index (κ1) is 22.2. The van der Waals surface area contributed by atoms with E-state index in [1.54, 1.807) is 6.92 Å². The molecule has 2 aliphatic heterocycles. The van der Waals surface area contributed by atoms with Crippen LogP contribution in [0.25, 0.3) is 0 Å². The molecule has 0 fully saturated rings. The van der Waals surface area contributed by atoms with Crippen molar-refractivity contribution in [2.75, 3.05) is 16.6 Å². The molecule has 0 unspecified atom stereocenters. The number of rotatable bonds is 5. The molecule has 3 aromatic rings. The average Bonchev–Trinajstić information content (AvgIpc) is 3.26. The van der Waals surface area contributed by atoms with E-state index in [-0.39, 0.29) is 6.61 Å². The van der Waals surface area contributed by atoms with Gasteiger partial charge in [0.15, 0.2) is 0 Å². The van der Waals surface area contributed by atoms with E-state index in [0.29, 0.717) is 5.04 Å². The van der Waals surface area contributed by atoms with E-state index < -0.39 is 11.0 Å². The molecule has 172 valence electrons. The van der Waals surface area contributed by atoms with Crippen molar-refractivity contribution < 1.29 is 9.53 Å². The van der Waals surface area contributed by atoms with Crippen molar-refractivity contribution in [3.63, 3.8) is 0 Å². The van der Waals surface area contributed by atoms with Crippen molar-refractivity contribution in [3.8, 4) is 0 Å². The minimum Gasteiger partial charge on any atom is -0.461 e. The molecule has 0 saturated heterocycles. The van der Waals surface area contributed by atoms with Crippen LogP contribution in [-0.4, -0.2) is 23.3 Å². The second kappa shape index (κ2) is 8.99. The van der Waals surface area contributed by atoms with E-state index in [4.69, 9.17) is 14.9 Å². The molecule has 1 atom stereocenters. The van der Waals surface area contributed by atoms with E-state index in [1.807, 2.05) is 77.6 Å². The molecule has 6 nitrogen and oxygen atoms in total. The van der Waals surface area contributed by atoms with Crippen LogP contribution in [0.4, 0.5) is 11.4 Å². The fourth-order valence-electron chi connectivity index (χ4n) is 4.37. The first-order valence-corrected chi connectivity index (χ1v) is 12.2. The summed E-state index contributed by atoms with van der Waals surface area (Å²) >= 11 is 1.37. The molecular weight excluding hydrogens is 444 g/mol. The maximum Gasteiger partial charge on any atom is 0.365 e. The third-order valence-electron chi connectivity index (χ3n) is 5.85. The number of benzene rings is 3. The summed E-state index contributed by atoms with van der Waals surface area (Å²) in [4.78, 5) is 12.0. The summed E-state index contributed by atoms with van der Waals surface area (Å²) in [5, 5.41) is 14.2. The Labute approximate surface area is 203 Å². The Morgan fingerprint density at radius 1 is 0.912 bits per heavy atom. The Bertz CT molecular complexity index is 1290. The molecular formula is C27H26N4O2S. The number of ether oxygens (including phenoxy) is 1. The fourth-order valence-corrected chi connectivity index (χ4v) is 5.65. The normalized spacial score (nSPS) is 19.0. The number of carbonyl (C=O) groups excluding carboxylic acids is 1. The smallest absolute Gasteiger partial charge is 0.365 e. The number of aryl methyl sites for hydroxylation is 1. The van der Waals surface area contributed by atoms with Gasteiger partial charge < -0.3 is 4.74 Å².